The number of benzene rings is 2. The number of ether oxygens (including phenoxy) is 8. The van der Waals surface area contributed by atoms with Crippen LogP contribution in [0.1, 0.15) is 75.3 Å². The average molecular weight is 581 g/mol. The van der Waals surface area contributed by atoms with E-state index in [-0.39, 0.29) is 36.6 Å². The van der Waals surface area contributed by atoms with E-state index in [1.54, 1.807) is 14.2 Å². The van der Waals surface area contributed by atoms with E-state index in [1.807, 2.05) is 48.5 Å². The normalized spacial score (nSPS) is 32.9. The zero-order valence-electron chi connectivity index (χ0n) is 24.8. The van der Waals surface area contributed by atoms with Crippen molar-refractivity contribution in [3.63, 3.8) is 0 Å². The van der Waals surface area contributed by atoms with E-state index >= 15 is 0 Å². The Hall–Kier alpha value is -2.20. The van der Waals surface area contributed by atoms with E-state index in [0.717, 1.165) is 74.0 Å². The van der Waals surface area contributed by atoms with Gasteiger partial charge in [0, 0.05) is 25.7 Å². The molecular weight excluding hydrogens is 536 g/mol. The molecule has 5 fully saturated rings. The first kappa shape index (κ1) is 28.6. The Morgan fingerprint density at radius 1 is 0.524 bits per heavy atom. The van der Waals surface area contributed by atoms with E-state index in [4.69, 9.17) is 37.9 Å². The third-order valence-electron chi connectivity index (χ3n) is 9.78. The maximum Gasteiger partial charge on any atom is 0.169 e. The lowest BCUT2D eigenvalue weighted by Crippen LogP contribution is -2.62. The fourth-order valence-electron chi connectivity index (χ4n) is 7.57. The highest BCUT2D eigenvalue weighted by molar-refractivity contribution is 5.27. The Labute approximate surface area is 248 Å². The second kappa shape index (κ2) is 12.1. The van der Waals surface area contributed by atoms with Crippen molar-refractivity contribution < 1.29 is 37.9 Å². The number of hydrogen-bond acceptors (Lipinski definition) is 8. The number of hydrogen-bond donors (Lipinski definition) is 0. The molecule has 42 heavy (non-hydrogen) atoms. The minimum Gasteiger partial charge on any atom is -0.497 e. The molecule has 2 aliphatic heterocycles. The molecule has 0 aromatic heterocycles. The van der Waals surface area contributed by atoms with Gasteiger partial charge >= 0.3 is 0 Å². The maximum atomic E-state index is 6.93. The summed E-state index contributed by atoms with van der Waals surface area (Å²) in [5.74, 6) is 0.454. The lowest BCUT2D eigenvalue weighted by molar-refractivity contribution is -0.229. The van der Waals surface area contributed by atoms with Crippen molar-refractivity contribution in [1.82, 2.24) is 0 Å². The van der Waals surface area contributed by atoms with E-state index < -0.39 is 11.6 Å². The molecule has 5 aliphatic rings. The van der Waals surface area contributed by atoms with Crippen LogP contribution in [0.25, 0.3) is 0 Å². The van der Waals surface area contributed by atoms with Gasteiger partial charge in [0.1, 0.15) is 48.1 Å². The molecule has 2 heterocycles. The third-order valence-corrected chi connectivity index (χ3v) is 9.78. The lowest BCUT2D eigenvalue weighted by Gasteiger charge is -2.42. The predicted molar refractivity (Wildman–Crippen MR) is 154 cm³/mol. The molecule has 2 aromatic carbocycles. The molecule has 8 heteroatoms. The van der Waals surface area contributed by atoms with Crippen LogP contribution in [0.5, 0.6) is 11.5 Å². The SMILES string of the molecule is COc1ccc(COC2C3OC4(CCCCC4)OC3C(OCc3ccc(OC)cc3)C3OC4(CCCCC4)OC23)cc1. The standard InChI is InChI=1S/C34H44O8/c1-35-25-13-9-23(10-14-25)21-37-27-29-31(41-33(39-29)17-5-3-6-18-33)28(38-22-24-11-15-26(36-2)16-12-24)32-30(27)40-34(42-32)19-7-4-8-20-34/h9-16,27-32H,3-8,17-22H2,1-2H3. The van der Waals surface area contributed by atoms with Crippen molar-refractivity contribution in [2.45, 2.75) is 126 Å². The highest BCUT2D eigenvalue weighted by Gasteiger charge is 2.66. The topological polar surface area (TPSA) is 73.8 Å². The minimum absolute atomic E-state index is 0.314. The van der Waals surface area contributed by atoms with E-state index in [1.165, 1.54) is 12.8 Å². The van der Waals surface area contributed by atoms with Crippen molar-refractivity contribution in [1.29, 1.82) is 0 Å². The van der Waals surface area contributed by atoms with E-state index in [9.17, 15) is 0 Å². The van der Waals surface area contributed by atoms with Crippen molar-refractivity contribution in [3.8, 4) is 11.5 Å². The van der Waals surface area contributed by atoms with Crippen LogP contribution in [0, 0.1) is 0 Å². The van der Waals surface area contributed by atoms with Gasteiger partial charge in [-0.25, -0.2) is 0 Å². The van der Waals surface area contributed by atoms with Gasteiger partial charge in [0.25, 0.3) is 0 Å². The van der Waals surface area contributed by atoms with Gasteiger partial charge in [0.15, 0.2) is 11.6 Å². The molecule has 0 radical (unpaired) electrons. The summed E-state index contributed by atoms with van der Waals surface area (Å²) < 4.78 is 51.9. The Morgan fingerprint density at radius 2 is 0.857 bits per heavy atom. The van der Waals surface area contributed by atoms with Crippen LogP contribution in [-0.4, -0.2) is 62.4 Å². The molecule has 0 N–H and O–H groups in total. The molecule has 2 aromatic rings. The van der Waals surface area contributed by atoms with Crippen molar-refractivity contribution in [2.24, 2.45) is 0 Å². The highest BCUT2D eigenvalue weighted by Crippen LogP contribution is 2.52. The Kier molecular flexibility index (Phi) is 8.20. The molecule has 228 valence electrons. The summed E-state index contributed by atoms with van der Waals surface area (Å²) in [6.07, 6.45) is 8.40. The van der Waals surface area contributed by atoms with Gasteiger partial charge < -0.3 is 37.9 Å². The molecular formula is C34H44O8. The average Bonchev–Trinajstić information content (AvgIpc) is 3.58. The summed E-state index contributed by atoms with van der Waals surface area (Å²) in [4.78, 5) is 0. The zero-order chi connectivity index (χ0) is 28.6. The van der Waals surface area contributed by atoms with Gasteiger partial charge in [-0.3, -0.25) is 0 Å². The summed E-state index contributed by atoms with van der Waals surface area (Å²) in [5, 5.41) is 0. The van der Waals surface area contributed by atoms with Crippen LogP contribution >= 0.6 is 0 Å². The predicted octanol–water partition coefficient (Wildman–Crippen LogP) is 6.08. The number of rotatable bonds is 8. The fraction of sp³-hybridized carbons (Fsp3) is 0.647. The molecule has 2 spiro atoms. The second-order valence-corrected chi connectivity index (χ2v) is 12.5. The number of methoxy groups -OCH3 is 2. The molecule has 8 nitrogen and oxygen atoms in total. The quantitative estimate of drug-likeness (QED) is 0.372. The lowest BCUT2D eigenvalue weighted by atomic mass is 9.84. The fourth-order valence-corrected chi connectivity index (χ4v) is 7.57. The Balaban J connectivity index is 1.18. The zero-order valence-corrected chi connectivity index (χ0v) is 24.8. The minimum atomic E-state index is -0.599. The van der Waals surface area contributed by atoms with Crippen LogP contribution in [0.3, 0.4) is 0 Å². The first-order chi connectivity index (χ1) is 20.6. The van der Waals surface area contributed by atoms with Crippen molar-refractivity contribution >= 4 is 0 Å². The monoisotopic (exact) mass is 580 g/mol. The molecule has 2 saturated heterocycles. The molecule has 0 amide bonds. The Morgan fingerprint density at radius 3 is 1.17 bits per heavy atom. The van der Waals surface area contributed by atoms with Crippen LogP contribution in [0.4, 0.5) is 0 Å². The molecule has 3 aliphatic carbocycles. The summed E-state index contributed by atoms with van der Waals surface area (Å²) in [5.41, 5.74) is 2.14. The smallest absolute Gasteiger partial charge is 0.169 e. The molecule has 3 saturated carbocycles. The largest absolute Gasteiger partial charge is 0.497 e. The van der Waals surface area contributed by atoms with Crippen LogP contribution in [0.15, 0.2) is 48.5 Å². The van der Waals surface area contributed by atoms with E-state index in [0.29, 0.717) is 13.2 Å². The first-order valence-corrected chi connectivity index (χ1v) is 15.8. The van der Waals surface area contributed by atoms with Gasteiger partial charge in [-0.2, -0.15) is 0 Å². The van der Waals surface area contributed by atoms with Crippen molar-refractivity contribution in [2.75, 3.05) is 14.2 Å². The number of fused-ring (bicyclic) bond motifs is 2. The summed E-state index contributed by atoms with van der Waals surface area (Å²) >= 11 is 0. The van der Waals surface area contributed by atoms with Gasteiger partial charge in [0.2, 0.25) is 0 Å². The van der Waals surface area contributed by atoms with Crippen LogP contribution < -0.4 is 9.47 Å². The molecule has 0 bridgehead atoms. The summed E-state index contributed by atoms with van der Waals surface area (Å²) in [7, 11) is 3.36. The second-order valence-electron chi connectivity index (χ2n) is 12.5. The molecule has 4 atom stereocenters. The van der Waals surface area contributed by atoms with Gasteiger partial charge in [0.05, 0.1) is 27.4 Å². The summed E-state index contributed by atoms with van der Waals surface area (Å²) in [6, 6.07) is 16.0. The molecule has 7 rings (SSSR count). The van der Waals surface area contributed by atoms with Gasteiger partial charge in [-0.05, 0) is 61.1 Å². The van der Waals surface area contributed by atoms with E-state index in [2.05, 4.69) is 0 Å². The van der Waals surface area contributed by atoms with Gasteiger partial charge in [-0.15, -0.1) is 0 Å². The van der Waals surface area contributed by atoms with Gasteiger partial charge in [-0.1, -0.05) is 37.1 Å². The maximum absolute atomic E-state index is 6.93. The van der Waals surface area contributed by atoms with Crippen LogP contribution in [0.2, 0.25) is 0 Å². The summed E-state index contributed by atoms with van der Waals surface area (Å²) in [6.45, 7) is 0.871. The van der Waals surface area contributed by atoms with Crippen molar-refractivity contribution in [3.05, 3.63) is 59.7 Å². The van der Waals surface area contributed by atoms with Crippen LogP contribution in [-0.2, 0) is 41.6 Å². The third kappa shape index (κ3) is 5.58. The Bertz CT molecular complexity index is 1050. The highest BCUT2D eigenvalue weighted by atomic mass is 16.8. The molecule has 4 unspecified atom stereocenters. The first-order valence-electron chi connectivity index (χ1n) is 15.8.